The molecular weight excluding hydrogens is 506 g/mol. The average Bonchev–Trinajstić information content (AvgIpc) is 3.30. The summed E-state index contributed by atoms with van der Waals surface area (Å²) in [6.45, 7) is 5.38. The van der Waals surface area contributed by atoms with E-state index in [1.807, 2.05) is 48.5 Å². The molecule has 1 aliphatic heterocycles. The monoisotopic (exact) mass is 535 g/mol. The van der Waals surface area contributed by atoms with E-state index in [9.17, 15) is 4.79 Å². The lowest BCUT2D eigenvalue weighted by atomic mass is 10.0. The highest BCUT2D eigenvalue weighted by Crippen LogP contribution is 2.38. The fourth-order valence-electron chi connectivity index (χ4n) is 4.96. The molecule has 1 aliphatic rings. The summed E-state index contributed by atoms with van der Waals surface area (Å²) in [6, 6.07) is 24.3. The molecule has 1 amide bonds. The molecule has 0 spiro atoms. The number of nitrogens with one attached hydrogen (secondary N) is 1. The first kappa shape index (κ1) is 25.0. The van der Waals surface area contributed by atoms with Crippen LogP contribution < -0.4 is 16.0 Å². The number of anilines is 3. The number of hydrogen-bond acceptors (Lipinski definition) is 7. The van der Waals surface area contributed by atoms with Crippen LogP contribution in [0.3, 0.4) is 0 Å². The molecule has 1 fully saturated rings. The molecule has 0 aliphatic carbocycles. The number of benzene rings is 3. The van der Waals surface area contributed by atoms with Crippen LogP contribution in [0.2, 0.25) is 0 Å². The lowest BCUT2D eigenvalue weighted by Gasteiger charge is -2.28. The number of carbonyl (C=O) groups is 1. The van der Waals surface area contributed by atoms with Crippen molar-refractivity contribution in [2.45, 2.75) is 13.3 Å². The van der Waals surface area contributed by atoms with E-state index in [2.05, 4.69) is 51.4 Å². The number of morpholine rings is 1. The third-order valence-corrected chi connectivity index (χ3v) is 8.30. The van der Waals surface area contributed by atoms with E-state index in [-0.39, 0.29) is 11.9 Å². The number of ether oxygens (including phenoxy) is 1. The van der Waals surface area contributed by atoms with E-state index in [1.54, 1.807) is 17.5 Å². The Balaban J connectivity index is 1.16. The van der Waals surface area contributed by atoms with E-state index in [4.69, 9.17) is 10.5 Å². The van der Waals surface area contributed by atoms with E-state index in [0.717, 1.165) is 60.2 Å². The van der Waals surface area contributed by atoms with Crippen LogP contribution in [0.25, 0.3) is 20.7 Å². The zero-order valence-corrected chi connectivity index (χ0v) is 22.5. The van der Waals surface area contributed by atoms with Crippen LogP contribution in [0, 0.1) is 6.92 Å². The molecule has 0 unspecified atom stereocenters. The zero-order valence-electron chi connectivity index (χ0n) is 21.7. The van der Waals surface area contributed by atoms with Crippen LogP contribution >= 0.6 is 11.3 Å². The predicted octanol–water partition coefficient (Wildman–Crippen LogP) is 5.93. The van der Waals surface area contributed by atoms with Gasteiger partial charge in [0.15, 0.2) is 0 Å². The van der Waals surface area contributed by atoms with E-state index in [1.165, 1.54) is 21.2 Å². The second-order valence-electron chi connectivity index (χ2n) is 9.66. The van der Waals surface area contributed by atoms with Crippen molar-refractivity contribution in [3.05, 3.63) is 101 Å². The first-order chi connectivity index (χ1) is 19.0. The highest BCUT2D eigenvalue weighted by molar-refractivity contribution is 7.22. The number of nitrogens with zero attached hydrogens (tertiary/aromatic N) is 3. The molecule has 0 radical (unpaired) electrons. The number of hydrogen-bond donors (Lipinski definition) is 2. The number of thiophene rings is 1. The SMILES string of the molecule is Cc1c(-c2ccnc(N)n2)sc2ccc(Cc3cccc(C(=O)Nc4ccc(N5CCOCC5)cc4)c3)cc12. The summed E-state index contributed by atoms with van der Waals surface area (Å²) < 4.78 is 6.64. The Labute approximate surface area is 231 Å². The summed E-state index contributed by atoms with van der Waals surface area (Å²) in [5, 5.41) is 4.24. The number of nitrogen functional groups attached to an aromatic ring is 1. The van der Waals surface area contributed by atoms with Crippen molar-refractivity contribution < 1.29 is 9.53 Å². The molecule has 7 nitrogen and oxygen atoms in total. The number of carbonyl (C=O) groups excluding carboxylic acids is 1. The molecule has 39 heavy (non-hydrogen) atoms. The fourth-order valence-corrected chi connectivity index (χ4v) is 6.12. The number of amides is 1. The summed E-state index contributed by atoms with van der Waals surface area (Å²) in [5.74, 6) is 0.160. The minimum Gasteiger partial charge on any atom is -0.378 e. The summed E-state index contributed by atoms with van der Waals surface area (Å²) in [7, 11) is 0. The second-order valence-corrected chi connectivity index (χ2v) is 10.7. The largest absolute Gasteiger partial charge is 0.378 e. The lowest BCUT2D eigenvalue weighted by Crippen LogP contribution is -2.36. The van der Waals surface area contributed by atoms with Gasteiger partial charge in [-0.2, -0.15) is 0 Å². The number of rotatable bonds is 6. The minimum atomic E-state index is -0.117. The van der Waals surface area contributed by atoms with Gasteiger partial charge in [-0.3, -0.25) is 4.79 Å². The van der Waals surface area contributed by atoms with Gasteiger partial charge in [-0.1, -0.05) is 18.2 Å². The van der Waals surface area contributed by atoms with Crippen molar-refractivity contribution in [1.29, 1.82) is 0 Å². The Morgan fingerprint density at radius 1 is 1.03 bits per heavy atom. The van der Waals surface area contributed by atoms with Crippen LogP contribution in [0.1, 0.15) is 27.0 Å². The Bertz CT molecular complexity index is 1640. The maximum atomic E-state index is 13.0. The molecule has 6 rings (SSSR count). The van der Waals surface area contributed by atoms with Crippen molar-refractivity contribution in [2.24, 2.45) is 0 Å². The second kappa shape index (κ2) is 10.8. The molecule has 2 aromatic heterocycles. The highest BCUT2D eigenvalue weighted by Gasteiger charge is 2.14. The van der Waals surface area contributed by atoms with Crippen LogP contribution in [0.15, 0.2) is 79.0 Å². The van der Waals surface area contributed by atoms with Crippen molar-refractivity contribution in [3.63, 3.8) is 0 Å². The van der Waals surface area contributed by atoms with Gasteiger partial charge in [-0.25, -0.2) is 9.97 Å². The quantitative estimate of drug-likeness (QED) is 0.280. The third-order valence-electron chi connectivity index (χ3n) is 7.01. The first-order valence-corrected chi connectivity index (χ1v) is 13.8. The normalized spacial score (nSPS) is 13.5. The maximum absolute atomic E-state index is 13.0. The molecule has 0 bridgehead atoms. The van der Waals surface area contributed by atoms with Gasteiger partial charge in [0.2, 0.25) is 5.95 Å². The van der Waals surface area contributed by atoms with Crippen LogP contribution in [0.4, 0.5) is 17.3 Å². The first-order valence-electron chi connectivity index (χ1n) is 13.0. The summed E-state index contributed by atoms with van der Waals surface area (Å²) in [5.41, 5.74) is 12.7. The number of aromatic nitrogens is 2. The number of fused-ring (bicyclic) bond motifs is 1. The van der Waals surface area contributed by atoms with Crippen LogP contribution in [0.5, 0.6) is 0 Å². The third kappa shape index (κ3) is 5.48. The Morgan fingerprint density at radius 3 is 2.62 bits per heavy atom. The molecular formula is C31H29N5O2S. The van der Waals surface area contributed by atoms with Crippen molar-refractivity contribution in [3.8, 4) is 10.6 Å². The smallest absolute Gasteiger partial charge is 0.255 e. The van der Waals surface area contributed by atoms with Gasteiger partial charge < -0.3 is 20.7 Å². The van der Waals surface area contributed by atoms with Gasteiger partial charge in [0, 0.05) is 40.9 Å². The topological polar surface area (TPSA) is 93.4 Å². The highest BCUT2D eigenvalue weighted by atomic mass is 32.1. The van der Waals surface area contributed by atoms with Gasteiger partial charge >= 0.3 is 0 Å². The van der Waals surface area contributed by atoms with E-state index < -0.39 is 0 Å². The standard InChI is InChI=1S/C31H29N5O2S/c1-20-26-19-22(5-10-28(26)39-29(20)27-11-12-33-31(32)35-27)17-21-3-2-4-23(18-21)30(37)34-24-6-8-25(9-7-24)36-13-15-38-16-14-36/h2-12,18-19H,13-17H2,1H3,(H,34,37)(H2,32,33,35). The number of aryl methyl sites for hydroxylation is 1. The van der Waals surface area contributed by atoms with Crippen molar-refractivity contribution in [2.75, 3.05) is 42.3 Å². The van der Waals surface area contributed by atoms with Gasteiger partial charge in [0.05, 0.1) is 23.8 Å². The van der Waals surface area contributed by atoms with Crippen molar-refractivity contribution >= 4 is 44.7 Å². The minimum absolute atomic E-state index is 0.117. The number of nitrogens with two attached hydrogens (primary N) is 1. The maximum Gasteiger partial charge on any atom is 0.255 e. The molecule has 196 valence electrons. The van der Waals surface area contributed by atoms with Gasteiger partial charge in [-0.05, 0) is 90.0 Å². The van der Waals surface area contributed by atoms with Gasteiger partial charge in [-0.15, -0.1) is 11.3 Å². The zero-order chi connectivity index (χ0) is 26.8. The Hall–Kier alpha value is -4.27. The van der Waals surface area contributed by atoms with E-state index in [0.29, 0.717) is 5.56 Å². The molecule has 5 aromatic rings. The van der Waals surface area contributed by atoms with Crippen molar-refractivity contribution in [1.82, 2.24) is 9.97 Å². The summed E-state index contributed by atoms with van der Waals surface area (Å²) in [6.07, 6.45) is 2.42. The van der Waals surface area contributed by atoms with Gasteiger partial charge in [0.25, 0.3) is 5.91 Å². The molecule has 1 saturated heterocycles. The summed E-state index contributed by atoms with van der Waals surface area (Å²) in [4.78, 5) is 24.8. The molecule has 0 atom stereocenters. The lowest BCUT2D eigenvalue weighted by molar-refractivity contribution is 0.102. The molecule has 3 aromatic carbocycles. The Kier molecular flexibility index (Phi) is 6.96. The fraction of sp³-hybridized carbons (Fsp3) is 0.194. The molecule has 3 N–H and O–H groups in total. The Morgan fingerprint density at radius 2 is 1.82 bits per heavy atom. The molecule has 0 saturated carbocycles. The van der Waals surface area contributed by atoms with Crippen LogP contribution in [-0.4, -0.2) is 42.2 Å². The average molecular weight is 536 g/mol. The van der Waals surface area contributed by atoms with E-state index >= 15 is 0 Å². The van der Waals surface area contributed by atoms with Crippen LogP contribution in [-0.2, 0) is 11.2 Å². The molecule has 8 heteroatoms. The predicted molar refractivity (Wildman–Crippen MR) is 159 cm³/mol. The van der Waals surface area contributed by atoms with Gasteiger partial charge in [0.1, 0.15) is 0 Å². The molecule has 3 heterocycles. The summed E-state index contributed by atoms with van der Waals surface area (Å²) >= 11 is 1.71.